The first-order chi connectivity index (χ1) is 9.04. The van der Waals surface area contributed by atoms with Crippen LogP contribution in [0.5, 0.6) is 0 Å². The third-order valence-electron chi connectivity index (χ3n) is 3.57. The summed E-state index contributed by atoms with van der Waals surface area (Å²) in [7, 11) is -2.85. The van der Waals surface area contributed by atoms with Gasteiger partial charge in [0.1, 0.15) is 22.5 Å². The molecule has 2 rings (SSSR count). The summed E-state index contributed by atoms with van der Waals surface area (Å²) in [5, 5.41) is 4.15. The fourth-order valence-electron chi connectivity index (χ4n) is 2.63. The molecule has 0 aliphatic carbocycles. The van der Waals surface area contributed by atoms with Crippen LogP contribution in [0, 0.1) is 0 Å². The van der Waals surface area contributed by atoms with Crippen molar-refractivity contribution in [2.24, 2.45) is 0 Å². The van der Waals surface area contributed by atoms with Crippen molar-refractivity contribution in [1.82, 2.24) is 19.7 Å². The Labute approximate surface area is 114 Å². The molecule has 6 nitrogen and oxygen atoms in total. The van der Waals surface area contributed by atoms with Crippen molar-refractivity contribution in [2.75, 3.05) is 25.1 Å². The number of piperidine rings is 1. The van der Waals surface area contributed by atoms with Crippen LogP contribution in [0.1, 0.15) is 25.7 Å². The van der Waals surface area contributed by atoms with E-state index in [1.165, 1.54) is 19.1 Å². The lowest BCUT2D eigenvalue weighted by atomic mass is 10.0. The predicted molar refractivity (Wildman–Crippen MR) is 73.6 cm³/mol. The first-order valence-corrected chi connectivity index (χ1v) is 8.85. The van der Waals surface area contributed by atoms with Crippen LogP contribution in [0.25, 0.3) is 0 Å². The summed E-state index contributed by atoms with van der Waals surface area (Å²) in [6.07, 6.45) is 8.90. The van der Waals surface area contributed by atoms with Crippen molar-refractivity contribution in [3.05, 3.63) is 12.7 Å². The van der Waals surface area contributed by atoms with Gasteiger partial charge in [0.05, 0.1) is 12.3 Å². The lowest BCUT2D eigenvalue weighted by Gasteiger charge is -2.35. The van der Waals surface area contributed by atoms with Crippen LogP contribution in [0.4, 0.5) is 0 Å². The monoisotopic (exact) mass is 286 g/mol. The van der Waals surface area contributed by atoms with Crippen LogP contribution in [0.15, 0.2) is 12.7 Å². The number of nitrogens with zero attached hydrogens (tertiary/aromatic N) is 4. The van der Waals surface area contributed by atoms with E-state index in [2.05, 4.69) is 15.0 Å². The van der Waals surface area contributed by atoms with E-state index < -0.39 is 9.84 Å². The first-order valence-electron chi connectivity index (χ1n) is 6.79. The van der Waals surface area contributed by atoms with Gasteiger partial charge in [0, 0.05) is 12.3 Å². The Bertz CT molecular complexity index is 472. The molecular formula is C12H22N4O2S. The second-order valence-electron chi connectivity index (χ2n) is 5.29. The van der Waals surface area contributed by atoms with Crippen LogP contribution >= 0.6 is 0 Å². The first kappa shape index (κ1) is 14.5. The molecule has 0 bridgehead atoms. The lowest BCUT2D eigenvalue weighted by molar-refractivity contribution is 0.130. The van der Waals surface area contributed by atoms with Gasteiger partial charge < -0.3 is 0 Å². The fraction of sp³-hybridized carbons (Fsp3) is 0.833. The predicted octanol–water partition coefficient (Wildman–Crippen LogP) is 0.567. The van der Waals surface area contributed by atoms with Gasteiger partial charge >= 0.3 is 0 Å². The van der Waals surface area contributed by atoms with Crippen LogP contribution in [-0.2, 0) is 16.4 Å². The number of hydrogen-bond acceptors (Lipinski definition) is 5. The van der Waals surface area contributed by atoms with Crippen LogP contribution in [0.3, 0.4) is 0 Å². The molecule has 1 aromatic heterocycles. The third-order valence-corrected chi connectivity index (χ3v) is 4.60. The molecule has 108 valence electrons. The van der Waals surface area contributed by atoms with Gasteiger partial charge in [-0.3, -0.25) is 9.58 Å². The molecule has 1 fully saturated rings. The molecule has 1 saturated heterocycles. The van der Waals surface area contributed by atoms with Crippen molar-refractivity contribution in [3.63, 3.8) is 0 Å². The van der Waals surface area contributed by atoms with Gasteiger partial charge in [-0.05, 0) is 32.4 Å². The summed E-state index contributed by atoms with van der Waals surface area (Å²) >= 11 is 0. The topological polar surface area (TPSA) is 68.1 Å². The van der Waals surface area contributed by atoms with Gasteiger partial charge in [-0.1, -0.05) is 6.42 Å². The Morgan fingerprint density at radius 1 is 1.37 bits per heavy atom. The summed E-state index contributed by atoms with van der Waals surface area (Å²) < 4.78 is 24.2. The van der Waals surface area contributed by atoms with Gasteiger partial charge in [0.25, 0.3) is 0 Å². The maximum Gasteiger partial charge on any atom is 0.147 e. The van der Waals surface area contributed by atoms with Crippen LogP contribution in [-0.4, -0.2) is 59.2 Å². The number of hydrogen-bond donors (Lipinski definition) is 0. The van der Waals surface area contributed by atoms with E-state index >= 15 is 0 Å². The number of aromatic nitrogens is 3. The smallest absolute Gasteiger partial charge is 0.147 e. The van der Waals surface area contributed by atoms with Gasteiger partial charge in [-0.2, -0.15) is 5.10 Å². The second-order valence-corrected chi connectivity index (χ2v) is 7.55. The molecule has 0 N–H and O–H groups in total. The Hall–Kier alpha value is -0.950. The number of sulfone groups is 1. The van der Waals surface area contributed by atoms with Crippen LogP contribution in [0.2, 0.25) is 0 Å². The molecule has 0 aromatic carbocycles. The van der Waals surface area contributed by atoms with E-state index in [1.807, 2.05) is 4.68 Å². The molecule has 0 spiro atoms. The summed E-state index contributed by atoms with van der Waals surface area (Å²) in [5.74, 6) is 0.277. The lowest BCUT2D eigenvalue weighted by Crippen LogP contribution is -2.43. The minimum absolute atomic E-state index is 0.277. The number of likely N-dealkylation sites (tertiary alicyclic amines) is 1. The molecule has 1 unspecified atom stereocenters. The summed E-state index contributed by atoms with van der Waals surface area (Å²) in [6.45, 7) is 2.76. The van der Waals surface area contributed by atoms with Crippen LogP contribution < -0.4 is 0 Å². The maximum absolute atomic E-state index is 11.2. The molecule has 1 aromatic rings. The molecule has 0 saturated carbocycles. The maximum atomic E-state index is 11.2. The Morgan fingerprint density at radius 3 is 2.89 bits per heavy atom. The van der Waals surface area contributed by atoms with Crippen molar-refractivity contribution in [2.45, 2.75) is 38.3 Å². The zero-order valence-electron chi connectivity index (χ0n) is 11.4. The quantitative estimate of drug-likeness (QED) is 0.764. The molecule has 19 heavy (non-hydrogen) atoms. The number of rotatable bonds is 6. The van der Waals surface area contributed by atoms with Crippen molar-refractivity contribution in [3.8, 4) is 0 Å². The summed E-state index contributed by atoms with van der Waals surface area (Å²) in [5.41, 5.74) is 0. The zero-order valence-corrected chi connectivity index (χ0v) is 12.2. The van der Waals surface area contributed by atoms with Crippen molar-refractivity contribution < 1.29 is 8.42 Å². The molecule has 0 radical (unpaired) electrons. The molecule has 1 aliphatic heterocycles. The van der Waals surface area contributed by atoms with E-state index in [1.54, 1.807) is 12.7 Å². The largest absolute Gasteiger partial charge is 0.299 e. The van der Waals surface area contributed by atoms with E-state index in [-0.39, 0.29) is 5.75 Å². The molecular weight excluding hydrogens is 264 g/mol. The van der Waals surface area contributed by atoms with Gasteiger partial charge in [0.2, 0.25) is 0 Å². The summed E-state index contributed by atoms with van der Waals surface area (Å²) in [6, 6.07) is 0.454. The molecule has 2 heterocycles. The van der Waals surface area contributed by atoms with Gasteiger partial charge in [0.15, 0.2) is 0 Å². The average molecular weight is 286 g/mol. The van der Waals surface area contributed by atoms with E-state index in [0.717, 1.165) is 26.1 Å². The van der Waals surface area contributed by atoms with E-state index in [0.29, 0.717) is 12.5 Å². The highest BCUT2D eigenvalue weighted by molar-refractivity contribution is 7.90. The van der Waals surface area contributed by atoms with E-state index in [9.17, 15) is 8.42 Å². The summed E-state index contributed by atoms with van der Waals surface area (Å²) in [4.78, 5) is 6.36. The molecule has 7 heteroatoms. The minimum atomic E-state index is -2.85. The highest BCUT2D eigenvalue weighted by atomic mass is 32.2. The standard InChI is InChI=1S/C12H22N4O2S/c1-19(17,18)8-4-7-15-6-3-2-5-12(15)9-16-11-13-10-14-16/h10-12H,2-9H2,1H3. The van der Waals surface area contributed by atoms with Gasteiger partial charge in [-0.25, -0.2) is 13.4 Å². The minimum Gasteiger partial charge on any atom is -0.299 e. The molecule has 1 atom stereocenters. The Balaban J connectivity index is 1.85. The molecule has 1 aliphatic rings. The second kappa shape index (κ2) is 6.47. The fourth-order valence-corrected chi connectivity index (χ4v) is 3.29. The molecule has 0 amide bonds. The average Bonchev–Trinajstić information content (AvgIpc) is 2.82. The normalized spacial score (nSPS) is 21.6. The highest BCUT2D eigenvalue weighted by Crippen LogP contribution is 2.18. The van der Waals surface area contributed by atoms with Gasteiger partial charge in [-0.15, -0.1) is 0 Å². The van der Waals surface area contributed by atoms with Crippen molar-refractivity contribution in [1.29, 1.82) is 0 Å². The Kier molecular flexibility index (Phi) is 4.93. The Morgan fingerprint density at radius 2 is 2.21 bits per heavy atom. The highest BCUT2D eigenvalue weighted by Gasteiger charge is 2.22. The zero-order chi connectivity index (χ0) is 13.7. The van der Waals surface area contributed by atoms with E-state index in [4.69, 9.17) is 0 Å². The third kappa shape index (κ3) is 4.91. The SMILES string of the molecule is CS(=O)(=O)CCCN1CCCCC1Cn1cncn1. The van der Waals surface area contributed by atoms with Crippen molar-refractivity contribution >= 4 is 9.84 Å².